The van der Waals surface area contributed by atoms with Crippen molar-refractivity contribution in [2.75, 3.05) is 6.54 Å². The molecule has 1 aromatic carbocycles. The van der Waals surface area contributed by atoms with Gasteiger partial charge in [0.15, 0.2) is 6.54 Å². The summed E-state index contributed by atoms with van der Waals surface area (Å²) in [4.78, 5) is 11.5. The summed E-state index contributed by atoms with van der Waals surface area (Å²) in [6.07, 6.45) is 6.31. The highest BCUT2D eigenvalue weighted by atomic mass is 79.9. The van der Waals surface area contributed by atoms with Crippen molar-refractivity contribution in [1.29, 1.82) is 0 Å². The van der Waals surface area contributed by atoms with Crippen LogP contribution in [0.1, 0.15) is 44.6 Å². The van der Waals surface area contributed by atoms with Crippen molar-refractivity contribution >= 4 is 21.6 Å². The van der Waals surface area contributed by atoms with Gasteiger partial charge in [-0.3, -0.25) is 0 Å². The molecule has 1 saturated carbocycles. The molecule has 0 atom stereocenters. The van der Waals surface area contributed by atoms with Crippen molar-refractivity contribution in [3.05, 3.63) is 34.7 Å². The van der Waals surface area contributed by atoms with E-state index in [0.717, 1.165) is 10.4 Å². The van der Waals surface area contributed by atoms with Crippen LogP contribution in [0.15, 0.2) is 24.3 Å². The molecule has 92 valence electrons. The SMILES string of the molecule is CC[N+](=O)c1ccc(C2(Br)CCCCC2)cc1. The van der Waals surface area contributed by atoms with Crippen molar-refractivity contribution in [3.63, 3.8) is 0 Å². The fourth-order valence-electron chi connectivity index (χ4n) is 2.51. The van der Waals surface area contributed by atoms with Gasteiger partial charge in [-0.1, -0.05) is 47.3 Å². The van der Waals surface area contributed by atoms with E-state index in [2.05, 4.69) is 28.1 Å². The molecule has 17 heavy (non-hydrogen) atoms. The zero-order valence-electron chi connectivity index (χ0n) is 10.3. The van der Waals surface area contributed by atoms with Gasteiger partial charge in [0.1, 0.15) is 0 Å². The van der Waals surface area contributed by atoms with Gasteiger partial charge in [-0.15, -0.1) is 0 Å². The summed E-state index contributed by atoms with van der Waals surface area (Å²) in [5.41, 5.74) is 2.06. The topological polar surface area (TPSA) is 20.1 Å². The molecule has 1 aliphatic rings. The number of alkyl halides is 1. The van der Waals surface area contributed by atoms with Crippen molar-refractivity contribution in [3.8, 4) is 0 Å². The lowest BCUT2D eigenvalue weighted by Gasteiger charge is -2.32. The Bertz CT molecular complexity index is 393. The molecule has 0 amide bonds. The molecular weight excluding hydrogens is 278 g/mol. The number of rotatable bonds is 3. The molecule has 0 aliphatic heterocycles. The van der Waals surface area contributed by atoms with Crippen LogP contribution in [0.3, 0.4) is 0 Å². The Morgan fingerprint density at radius 1 is 1.18 bits per heavy atom. The Hall–Kier alpha value is -0.700. The van der Waals surface area contributed by atoms with E-state index in [1.54, 1.807) is 0 Å². The zero-order chi connectivity index (χ0) is 12.3. The van der Waals surface area contributed by atoms with Gasteiger partial charge in [0.2, 0.25) is 0 Å². The quantitative estimate of drug-likeness (QED) is 0.586. The summed E-state index contributed by atoms with van der Waals surface area (Å²) in [6, 6.07) is 8.05. The van der Waals surface area contributed by atoms with Gasteiger partial charge in [0.05, 0.1) is 4.32 Å². The minimum atomic E-state index is 0.143. The molecule has 1 fully saturated rings. The van der Waals surface area contributed by atoms with Gasteiger partial charge in [0, 0.05) is 21.8 Å². The van der Waals surface area contributed by atoms with Crippen LogP contribution in [0.4, 0.5) is 5.69 Å². The molecule has 0 heterocycles. The van der Waals surface area contributed by atoms with Crippen LogP contribution in [0.5, 0.6) is 0 Å². The first kappa shape index (κ1) is 12.7. The lowest BCUT2D eigenvalue weighted by atomic mass is 9.84. The monoisotopic (exact) mass is 296 g/mol. The van der Waals surface area contributed by atoms with E-state index in [1.807, 2.05) is 19.1 Å². The number of nitrogens with zero attached hydrogens (tertiary/aromatic N) is 1. The summed E-state index contributed by atoms with van der Waals surface area (Å²) in [5, 5.41) is 0. The smallest absolute Gasteiger partial charge is 0.0801 e. The first-order valence-corrected chi connectivity index (χ1v) is 7.19. The predicted molar refractivity (Wildman–Crippen MR) is 74.0 cm³/mol. The van der Waals surface area contributed by atoms with Crippen molar-refractivity contribution < 1.29 is 4.76 Å². The second-order valence-electron chi connectivity index (χ2n) is 4.77. The Morgan fingerprint density at radius 3 is 2.29 bits per heavy atom. The lowest BCUT2D eigenvalue weighted by molar-refractivity contribution is -0.458. The van der Waals surface area contributed by atoms with Crippen LogP contribution >= 0.6 is 15.9 Å². The van der Waals surface area contributed by atoms with Gasteiger partial charge in [-0.2, -0.15) is 0 Å². The van der Waals surface area contributed by atoms with Crippen molar-refractivity contribution in [1.82, 2.24) is 0 Å². The zero-order valence-corrected chi connectivity index (χ0v) is 11.9. The first-order chi connectivity index (χ1) is 8.15. The molecule has 0 radical (unpaired) electrons. The Balaban J connectivity index is 2.19. The van der Waals surface area contributed by atoms with E-state index < -0.39 is 0 Å². The highest BCUT2D eigenvalue weighted by molar-refractivity contribution is 9.09. The van der Waals surface area contributed by atoms with Crippen LogP contribution < -0.4 is 0 Å². The van der Waals surface area contributed by atoms with Crippen LogP contribution in [-0.4, -0.2) is 11.3 Å². The third-order valence-electron chi connectivity index (χ3n) is 3.61. The van der Waals surface area contributed by atoms with Gasteiger partial charge in [-0.25, -0.2) is 0 Å². The molecule has 0 bridgehead atoms. The molecule has 0 aromatic heterocycles. The maximum atomic E-state index is 11.5. The van der Waals surface area contributed by atoms with Gasteiger partial charge < -0.3 is 0 Å². The average Bonchev–Trinajstić information content (AvgIpc) is 2.39. The van der Waals surface area contributed by atoms with E-state index in [9.17, 15) is 4.91 Å². The molecule has 0 saturated heterocycles. The van der Waals surface area contributed by atoms with Gasteiger partial charge >= 0.3 is 0 Å². The van der Waals surface area contributed by atoms with Crippen LogP contribution in [-0.2, 0) is 4.32 Å². The third-order valence-corrected chi connectivity index (χ3v) is 4.86. The fourth-order valence-corrected chi connectivity index (χ4v) is 3.33. The van der Waals surface area contributed by atoms with E-state index in [1.165, 1.54) is 37.7 Å². The predicted octanol–water partition coefficient (Wildman–Crippen LogP) is 4.67. The minimum Gasteiger partial charge on any atom is -0.0801 e. The molecular formula is C14H19BrNO+. The number of nitroso groups, excluding NO2 is 1. The highest BCUT2D eigenvalue weighted by Gasteiger charge is 2.31. The Morgan fingerprint density at radius 2 is 1.76 bits per heavy atom. The summed E-state index contributed by atoms with van der Waals surface area (Å²) in [5.74, 6) is 0. The van der Waals surface area contributed by atoms with Gasteiger partial charge in [-0.05, 0) is 25.3 Å². The maximum absolute atomic E-state index is 11.5. The van der Waals surface area contributed by atoms with Crippen LogP contribution in [0, 0.1) is 4.91 Å². The van der Waals surface area contributed by atoms with E-state index >= 15 is 0 Å². The number of halogens is 1. The fraction of sp³-hybridized carbons (Fsp3) is 0.571. The minimum absolute atomic E-state index is 0.143. The van der Waals surface area contributed by atoms with Crippen molar-refractivity contribution in [2.45, 2.75) is 43.4 Å². The number of hydrogen-bond donors (Lipinski definition) is 0. The van der Waals surface area contributed by atoms with Crippen LogP contribution in [0.2, 0.25) is 0 Å². The van der Waals surface area contributed by atoms with E-state index in [-0.39, 0.29) is 4.32 Å². The van der Waals surface area contributed by atoms with Crippen LogP contribution in [0.25, 0.3) is 0 Å². The lowest BCUT2D eigenvalue weighted by Crippen LogP contribution is -2.21. The molecule has 2 rings (SSSR count). The van der Waals surface area contributed by atoms with E-state index in [0.29, 0.717) is 6.54 Å². The number of hydrogen-bond acceptors (Lipinski definition) is 1. The summed E-state index contributed by atoms with van der Waals surface area (Å²) in [7, 11) is 0. The summed E-state index contributed by atoms with van der Waals surface area (Å²) < 4.78 is 1.16. The number of benzene rings is 1. The molecule has 0 N–H and O–H groups in total. The standard InChI is InChI=1S/C14H19BrNO/c1-2-16(17)13-8-6-12(7-9-13)14(15)10-4-3-5-11-14/h6-9H,2-5,10-11H2,1H3/q+1. The second-order valence-corrected chi connectivity index (χ2v) is 6.29. The molecule has 0 unspecified atom stereocenters. The Kier molecular flexibility index (Phi) is 3.97. The largest absolute Gasteiger partial charge is 0.255 e. The maximum Gasteiger partial charge on any atom is 0.255 e. The first-order valence-electron chi connectivity index (χ1n) is 6.40. The van der Waals surface area contributed by atoms with Crippen molar-refractivity contribution in [2.24, 2.45) is 0 Å². The Labute approximate surface area is 111 Å². The molecule has 3 heteroatoms. The van der Waals surface area contributed by atoms with Gasteiger partial charge in [0.25, 0.3) is 5.69 Å². The normalized spacial score (nSPS) is 18.9. The second kappa shape index (κ2) is 5.30. The molecule has 0 spiro atoms. The molecule has 1 aliphatic carbocycles. The third kappa shape index (κ3) is 2.76. The highest BCUT2D eigenvalue weighted by Crippen LogP contribution is 2.44. The molecule has 2 nitrogen and oxygen atoms in total. The van der Waals surface area contributed by atoms with E-state index in [4.69, 9.17) is 0 Å². The summed E-state index contributed by atoms with van der Waals surface area (Å²) >= 11 is 3.89. The summed E-state index contributed by atoms with van der Waals surface area (Å²) in [6.45, 7) is 2.37. The molecule has 1 aromatic rings. The average molecular weight is 297 g/mol.